The van der Waals surface area contributed by atoms with Crippen LogP contribution in [0.4, 0.5) is 0 Å². The highest BCUT2D eigenvalue weighted by molar-refractivity contribution is 5.35. The quantitative estimate of drug-likeness (QED) is 0.850. The monoisotopic (exact) mass is 269 g/mol. The molecular formula is C18H23NO. The van der Waals surface area contributed by atoms with Crippen LogP contribution >= 0.6 is 0 Å². The van der Waals surface area contributed by atoms with E-state index in [1.807, 2.05) is 12.1 Å². The van der Waals surface area contributed by atoms with Gasteiger partial charge in [-0.15, -0.1) is 0 Å². The minimum atomic E-state index is 0.275. The Morgan fingerprint density at radius 2 is 1.60 bits per heavy atom. The van der Waals surface area contributed by atoms with Gasteiger partial charge in [0.05, 0.1) is 7.11 Å². The van der Waals surface area contributed by atoms with Crippen LogP contribution in [-0.4, -0.2) is 13.7 Å². The summed E-state index contributed by atoms with van der Waals surface area (Å²) in [6.07, 6.45) is 0. The minimum Gasteiger partial charge on any atom is -0.496 e. The summed E-state index contributed by atoms with van der Waals surface area (Å²) in [6, 6.07) is 19.1. The summed E-state index contributed by atoms with van der Waals surface area (Å²) in [5, 5.41) is 3.59. The molecule has 2 unspecified atom stereocenters. The van der Waals surface area contributed by atoms with Crippen molar-refractivity contribution in [1.29, 1.82) is 0 Å². The lowest BCUT2D eigenvalue weighted by atomic mass is 10.00. The van der Waals surface area contributed by atoms with Gasteiger partial charge in [0.1, 0.15) is 5.75 Å². The zero-order valence-corrected chi connectivity index (χ0v) is 12.5. The van der Waals surface area contributed by atoms with Crippen LogP contribution in [-0.2, 0) is 0 Å². The number of nitrogens with one attached hydrogen (secondary N) is 1. The SMILES string of the molecule is COc1ccccc1C(C)NCC(C)c1ccccc1. The molecule has 2 atom stereocenters. The maximum Gasteiger partial charge on any atom is 0.123 e. The molecule has 0 aromatic heterocycles. The van der Waals surface area contributed by atoms with E-state index < -0.39 is 0 Å². The lowest BCUT2D eigenvalue weighted by Gasteiger charge is -2.20. The molecule has 2 aromatic rings. The molecule has 0 aliphatic carbocycles. The van der Waals surface area contributed by atoms with Gasteiger partial charge in [0.25, 0.3) is 0 Å². The van der Waals surface area contributed by atoms with E-state index in [0.29, 0.717) is 5.92 Å². The summed E-state index contributed by atoms with van der Waals surface area (Å²) < 4.78 is 5.42. The molecule has 0 heterocycles. The van der Waals surface area contributed by atoms with Crippen molar-refractivity contribution in [1.82, 2.24) is 5.32 Å². The Morgan fingerprint density at radius 1 is 0.950 bits per heavy atom. The molecule has 0 saturated carbocycles. The first kappa shape index (κ1) is 14.6. The van der Waals surface area contributed by atoms with Crippen molar-refractivity contribution < 1.29 is 4.74 Å². The zero-order chi connectivity index (χ0) is 14.4. The predicted molar refractivity (Wildman–Crippen MR) is 84.3 cm³/mol. The molecule has 1 N–H and O–H groups in total. The van der Waals surface area contributed by atoms with E-state index in [-0.39, 0.29) is 6.04 Å². The number of ether oxygens (including phenoxy) is 1. The van der Waals surface area contributed by atoms with Crippen LogP contribution in [0, 0.1) is 0 Å². The van der Waals surface area contributed by atoms with Crippen molar-refractivity contribution >= 4 is 0 Å². The average Bonchev–Trinajstić information content (AvgIpc) is 2.53. The lowest BCUT2D eigenvalue weighted by molar-refractivity contribution is 0.400. The molecule has 0 amide bonds. The highest BCUT2D eigenvalue weighted by atomic mass is 16.5. The number of rotatable bonds is 6. The molecule has 2 heteroatoms. The van der Waals surface area contributed by atoms with Crippen LogP contribution in [0.3, 0.4) is 0 Å². The fraction of sp³-hybridized carbons (Fsp3) is 0.333. The number of hydrogen-bond acceptors (Lipinski definition) is 2. The first-order chi connectivity index (χ1) is 9.72. The third-order valence-corrected chi connectivity index (χ3v) is 3.70. The highest BCUT2D eigenvalue weighted by Gasteiger charge is 2.12. The van der Waals surface area contributed by atoms with Crippen molar-refractivity contribution in [2.75, 3.05) is 13.7 Å². The molecule has 2 aromatic carbocycles. The normalized spacial score (nSPS) is 13.8. The van der Waals surface area contributed by atoms with Crippen LogP contribution < -0.4 is 10.1 Å². The molecule has 2 nitrogen and oxygen atoms in total. The van der Waals surface area contributed by atoms with Gasteiger partial charge in [-0.3, -0.25) is 0 Å². The van der Waals surface area contributed by atoms with Crippen LogP contribution in [0.2, 0.25) is 0 Å². The van der Waals surface area contributed by atoms with Crippen molar-refractivity contribution in [3.8, 4) is 5.75 Å². The first-order valence-corrected chi connectivity index (χ1v) is 7.13. The summed E-state index contributed by atoms with van der Waals surface area (Å²) >= 11 is 0. The molecular weight excluding hydrogens is 246 g/mol. The molecule has 0 bridgehead atoms. The van der Waals surface area contributed by atoms with Gasteiger partial charge in [0.15, 0.2) is 0 Å². The van der Waals surface area contributed by atoms with Gasteiger partial charge in [-0.1, -0.05) is 55.5 Å². The Labute approximate surface area is 121 Å². The topological polar surface area (TPSA) is 21.3 Å². The minimum absolute atomic E-state index is 0.275. The smallest absolute Gasteiger partial charge is 0.123 e. The van der Waals surface area contributed by atoms with E-state index >= 15 is 0 Å². The van der Waals surface area contributed by atoms with E-state index in [4.69, 9.17) is 4.74 Å². The maximum atomic E-state index is 5.42. The van der Waals surface area contributed by atoms with E-state index in [1.54, 1.807) is 7.11 Å². The second-order valence-corrected chi connectivity index (χ2v) is 5.18. The van der Waals surface area contributed by atoms with Crippen molar-refractivity contribution in [3.05, 3.63) is 65.7 Å². The van der Waals surface area contributed by atoms with Crippen LogP contribution in [0.25, 0.3) is 0 Å². The van der Waals surface area contributed by atoms with Crippen LogP contribution in [0.15, 0.2) is 54.6 Å². The van der Waals surface area contributed by atoms with Gasteiger partial charge in [-0.05, 0) is 24.5 Å². The molecule has 0 spiro atoms. The number of hydrogen-bond donors (Lipinski definition) is 1. The molecule has 0 aliphatic rings. The van der Waals surface area contributed by atoms with Crippen LogP contribution in [0.5, 0.6) is 5.75 Å². The Kier molecular flexibility index (Phi) is 5.19. The van der Waals surface area contributed by atoms with Gasteiger partial charge < -0.3 is 10.1 Å². The van der Waals surface area contributed by atoms with Crippen molar-refractivity contribution in [2.24, 2.45) is 0 Å². The number of para-hydroxylation sites is 1. The molecule has 20 heavy (non-hydrogen) atoms. The Morgan fingerprint density at radius 3 is 2.30 bits per heavy atom. The van der Waals surface area contributed by atoms with E-state index in [0.717, 1.165) is 12.3 Å². The second kappa shape index (κ2) is 7.11. The van der Waals surface area contributed by atoms with Gasteiger partial charge >= 0.3 is 0 Å². The fourth-order valence-corrected chi connectivity index (χ4v) is 2.39. The standard InChI is InChI=1S/C18H23NO/c1-14(16-9-5-4-6-10-16)13-19-15(2)17-11-7-8-12-18(17)20-3/h4-12,14-15,19H,13H2,1-3H3. The van der Waals surface area contributed by atoms with Crippen molar-refractivity contribution in [2.45, 2.75) is 25.8 Å². The van der Waals surface area contributed by atoms with Gasteiger partial charge in [0.2, 0.25) is 0 Å². The summed E-state index contributed by atoms with van der Waals surface area (Å²) in [5.74, 6) is 1.44. The second-order valence-electron chi connectivity index (χ2n) is 5.18. The Hall–Kier alpha value is -1.80. The van der Waals surface area contributed by atoms with E-state index in [9.17, 15) is 0 Å². The molecule has 0 fully saturated rings. The average molecular weight is 269 g/mol. The lowest BCUT2D eigenvalue weighted by Crippen LogP contribution is -2.24. The van der Waals surface area contributed by atoms with Gasteiger partial charge in [-0.2, -0.15) is 0 Å². The van der Waals surface area contributed by atoms with E-state index in [2.05, 4.69) is 61.6 Å². The van der Waals surface area contributed by atoms with Gasteiger partial charge in [0, 0.05) is 18.2 Å². The van der Waals surface area contributed by atoms with E-state index in [1.165, 1.54) is 11.1 Å². The Balaban J connectivity index is 1.97. The first-order valence-electron chi connectivity index (χ1n) is 7.13. The Bertz CT molecular complexity index is 524. The highest BCUT2D eigenvalue weighted by Crippen LogP contribution is 2.25. The van der Waals surface area contributed by atoms with Crippen molar-refractivity contribution in [3.63, 3.8) is 0 Å². The third kappa shape index (κ3) is 3.61. The maximum absolute atomic E-state index is 5.42. The summed E-state index contributed by atoms with van der Waals surface area (Å²) in [5.41, 5.74) is 2.57. The summed E-state index contributed by atoms with van der Waals surface area (Å²) in [4.78, 5) is 0. The molecule has 106 valence electrons. The molecule has 0 radical (unpaired) electrons. The predicted octanol–water partition coefficient (Wildman–Crippen LogP) is 4.15. The molecule has 0 aliphatic heterocycles. The fourth-order valence-electron chi connectivity index (χ4n) is 2.39. The third-order valence-electron chi connectivity index (χ3n) is 3.70. The molecule has 0 saturated heterocycles. The number of benzene rings is 2. The molecule has 2 rings (SSSR count). The largest absolute Gasteiger partial charge is 0.496 e. The summed E-state index contributed by atoms with van der Waals surface area (Å²) in [6.45, 7) is 5.37. The van der Waals surface area contributed by atoms with Gasteiger partial charge in [-0.25, -0.2) is 0 Å². The summed E-state index contributed by atoms with van der Waals surface area (Å²) in [7, 11) is 1.72. The van der Waals surface area contributed by atoms with Crippen LogP contribution in [0.1, 0.15) is 36.9 Å². The number of methoxy groups -OCH3 is 1. The zero-order valence-electron chi connectivity index (χ0n) is 12.5.